The van der Waals surface area contributed by atoms with Crippen molar-refractivity contribution in [2.75, 3.05) is 13.1 Å². The van der Waals surface area contributed by atoms with E-state index in [1.165, 1.54) is 37.7 Å². The molecule has 0 spiro atoms. The Morgan fingerprint density at radius 3 is 2.67 bits per heavy atom. The van der Waals surface area contributed by atoms with Crippen LogP contribution in [0.25, 0.3) is 0 Å². The zero-order valence-corrected chi connectivity index (χ0v) is 23.1. The molecule has 200 valence electrons. The molecule has 1 unspecified atom stereocenters. The van der Waals surface area contributed by atoms with Gasteiger partial charge in [0.1, 0.15) is 0 Å². The molecule has 7 atom stereocenters. The minimum absolute atomic E-state index is 0.0840. The molecule has 4 aliphatic carbocycles. The number of rotatable bonds is 5. The molecular weight excluding hydrogens is 450 g/mol. The van der Waals surface area contributed by atoms with Crippen LogP contribution in [0.15, 0.2) is 16.8 Å². The number of amides is 1. The van der Waals surface area contributed by atoms with Crippen LogP contribution in [-0.2, 0) is 9.63 Å². The van der Waals surface area contributed by atoms with Crippen molar-refractivity contribution in [1.29, 1.82) is 0 Å². The van der Waals surface area contributed by atoms with E-state index in [2.05, 4.69) is 31.2 Å². The number of hydrogen-bond acceptors (Lipinski definition) is 5. The number of allylic oxidation sites excluding steroid dienone is 1. The van der Waals surface area contributed by atoms with Gasteiger partial charge in [-0.25, -0.2) is 4.79 Å². The van der Waals surface area contributed by atoms with Gasteiger partial charge in [-0.15, -0.1) is 0 Å². The maximum atomic E-state index is 13.0. The van der Waals surface area contributed by atoms with Gasteiger partial charge < -0.3 is 10.2 Å². The quantitative estimate of drug-likeness (QED) is 0.283. The summed E-state index contributed by atoms with van der Waals surface area (Å²) in [4.78, 5) is 32.5. The summed E-state index contributed by atoms with van der Waals surface area (Å²) >= 11 is 0. The molecule has 5 rings (SSSR count). The number of nitrogens with zero attached hydrogens (tertiary/aromatic N) is 2. The topological polar surface area (TPSA) is 71.0 Å². The van der Waals surface area contributed by atoms with E-state index in [-0.39, 0.29) is 23.0 Å². The molecule has 5 aliphatic rings. The van der Waals surface area contributed by atoms with Crippen LogP contribution in [0, 0.1) is 34.5 Å². The minimum Gasteiger partial charge on any atom is -0.312 e. The van der Waals surface area contributed by atoms with Gasteiger partial charge in [-0.2, -0.15) is 0 Å². The number of nitrogens with one attached hydrogen (secondary N) is 1. The highest BCUT2D eigenvalue weighted by molar-refractivity contribution is 5.91. The van der Waals surface area contributed by atoms with Crippen molar-refractivity contribution in [1.82, 2.24) is 10.2 Å². The van der Waals surface area contributed by atoms with E-state index in [9.17, 15) is 9.59 Å². The lowest BCUT2D eigenvalue weighted by atomic mass is 9.46. The number of ketones is 1. The predicted molar refractivity (Wildman–Crippen MR) is 143 cm³/mol. The minimum atomic E-state index is -0.326. The highest BCUT2D eigenvalue weighted by atomic mass is 16.7. The summed E-state index contributed by atoms with van der Waals surface area (Å²) in [7, 11) is 0. The number of oxime groups is 1. The smallest absolute Gasteiger partial charge is 0.312 e. The predicted octanol–water partition coefficient (Wildman–Crippen LogP) is 6.11. The second kappa shape index (κ2) is 9.89. The van der Waals surface area contributed by atoms with Crippen molar-refractivity contribution in [3.63, 3.8) is 0 Å². The highest BCUT2D eigenvalue weighted by Crippen LogP contribution is 2.66. The summed E-state index contributed by atoms with van der Waals surface area (Å²) in [6.45, 7) is 12.8. The first-order chi connectivity index (χ1) is 17.1. The van der Waals surface area contributed by atoms with E-state index in [4.69, 9.17) is 4.84 Å². The fourth-order valence-corrected chi connectivity index (χ4v) is 9.12. The summed E-state index contributed by atoms with van der Waals surface area (Å²) in [6.07, 6.45) is 12.8. The molecule has 3 saturated carbocycles. The fourth-order valence-electron chi connectivity index (χ4n) is 9.12. The molecule has 1 aliphatic heterocycles. The van der Waals surface area contributed by atoms with E-state index < -0.39 is 0 Å². The van der Waals surface area contributed by atoms with Crippen molar-refractivity contribution < 1.29 is 14.4 Å². The Kier molecular flexibility index (Phi) is 7.12. The third-order valence-electron chi connectivity index (χ3n) is 11.2. The summed E-state index contributed by atoms with van der Waals surface area (Å²) in [5, 5.41) is 7.95. The maximum Gasteiger partial charge on any atom is 0.436 e. The van der Waals surface area contributed by atoms with Gasteiger partial charge in [0.05, 0.1) is 5.71 Å². The molecule has 1 amide bonds. The zero-order valence-electron chi connectivity index (χ0n) is 23.1. The molecule has 4 fully saturated rings. The lowest BCUT2D eigenvalue weighted by molar-refractivity contribution is -0.117. The molecule has 0 aromatic rings. The van der Waals surface area contributed by atoms with Crippen LogP contribution in [0.4, 0.5) is 4.79 Å². The number of hydrogen-bond donors (Lipinski definition) is 1. The van der Waals surface area contributed by atoms with Crippen LogP contribution in [0.2, 0.25) is 0 Å². The van der Waals surface area contributed by atoms with Crippen LogP contribution in [0.3, 0.4) is 0 Å². The van der Waals surface area contributed by atoms with Crippen LogP contribution in [0.1, 0.15) is 98.8 Å². The van der Waals surface area contributed by atoms with Crippen molar-refractivity contribution in [2.45, 2.75) is 111 Å². The van der Waals surface area contributed by atoms with Gasteiger partial charge in [0.2, 0.25) is 0 Å². The maximum absolute atomic E-state index is 13.0. The van der Waals surface area contributed by atoms with Gasteiger partial charge in [-0.1, -0.05) is 24.6 Å². The summed E-state index contributed by atoms with van der Waals surface area (Å²) in [6, 6.07) is 0.436. The van der Waals surface area contributed by atoms with Gasteiger partial charge in [0, 0.05) is 31.0 Å². The van der Waals surface area contributed by atoms with Gasteiger partial charge in [-0.05, 0) is 120 Å². The lowest BCUT2D eigenvalue weighted by Gasteiger charge is -2.58. The average Bonchev–Trinajstić information content (AvgIpc) is 3.48. The lowest BCUT2D eigenvalue weighted by Crippen LogP contribution is -2.51. The number of carbonyl (C=O) groups excluding carboxylic acids is 2. The monoisotopic (exact) mass is 497 g/mol. The first-order valence-electron chi connectivity index (χ1n) is 14.6. The Morgan fingerprint density at radius 1 is 1.14 bits per heavy atom. The first-order valence-corrected chi connectivity index (χ1v) is 14.6. The normalized spacial score (nSPS) is 40.4. The number of fused-ring (bicyclic) bond motifs is 5. The van der Waals surface area contributed by atoms with Crippen LogP contribution < -0.4 is 5.32 Å². The van der Waals surface area contributed by atoms with Gasteiger partial charge in [0.25, 0.3) is 0 Å². The van der Waals surface area contributed by atoms with Gasteiger partial charge >= 0.3 is 6.09 Å². The SMILES string of the molecule is C/C(=N\OC(=O)N(CC1CCCN1)C(C)C)[C@H]1CC[C@H]2[C@@H]3CCC4=CC(=O)CC[C@]4(C)[C@H]3CC[C@]12C. The Labute approximate surface area is 217 Å². The van der Waals surface area contributed by atoms with Gasteiger partial charge in [0.15, 0.2) is 5.78 Å². The summed E-state index contributed by atoms with van der Waals surface area (Å²) in [5.41, 5.74) is 2.85. The molecule has 0 radical (unpaired) electrons. The zero-order chi connectivity index (χ0) is 25.7. The van der Waals surface area contributed by atoms with E-state index >= 15 is 0 Å². The Morgan fingerprint density at radius 2 is 1.94 bits per heavy atom. The van der Waals surface area contributed by atoms with Crippen LogP contribution >= 0.6 is 0 Å². The second-order valence-corrected chi connectivity index (χ2v) is 13.3. The first kappa shape index (κ1) is 25.9. The molecule has 36 heavy (non-hydrogen) atoms. The van der Waals surface area contributed by atoms with Crippen LogP contribution in [0.5, 0.6) is 0 Å². The third-order valence-corrected chi connectivity index (χ3v) is 11.2. The molecule has 1 saturated heterocycles. The van der Waals surface area contributed by atoms with Crippen molar-refractivity contribution >= 4 is 17.6 Å². The number of carbonyl (C=O) groups is 2. The Balaban J connectivity index is 1.27. The Hall–Kier alpha value is -1.69. The van der Waals surface area contributed by atoms with Crippen LogP contribution in [-0.4, -0.2) is 47.7 Å². The highest BCUT2D eigenvalue weighted by Gasteiger charge is 2.59. The molecule has 0 bridgehead atoms. The molecule has 6 heteroatoms. The summed E-state index contributed by atoms with van der Waals surface area (Å²) in [5.74, 6) is 2.83. The average molecular weight is 498 g/mol. The molecule has 0 aromatic carbocycles. The standard InChI is InChI=1S/C30H47N3O3/c1-19(2)33(18-22-7-6-16-31-22)28(35)36-32-20(3)25-10-11-26-24-9-8-21-17-23(34)12-14-29(21,4)27(24)13-15-30(25,26)5/h17,19,22,24-27,31H,6-16,18H2,1-5H3/b32-20+/t22?,24-,25+,26-,27-,29-,30+/m0/s1. The van der Waals surface area contributed by atoms with E-state index in [0.29, 0.717) is 36.1 Å². The fraction of sp³-hybridized carbons (Fsp3) is 0.833. The molecule has 1 heterocycles. The van der Waals surface area contributed by atoms with Crippen molar-refractivity contribution in [3.8, 4) is 0 Å². The third kappa shape index (κ3) is 4.46. The van der Waals surface area contributed by atoms with E-state index in [0.717, 1.165) is 50.3 Å². The van der Waals surface area contributed by atoms with E-state index in [1.54, 1.807) is 0 Å². The second-order valence-electron chi connectivity index (χ2n) is 13.3. The molecule has 0 aromatic heterocycles. The van der Waals surface area contributed by atoms with Gasteiger partial charge in [-0.3, -0.25) is 9.63 Å². The molecular formula is C30H47N3O3. The largest absolute Gasteiger partial charge is 0.436 e. The van der Waals surface area contributed by atoms with E-state index in [1.807, 2.05) is 24.8 Å². The van der Waals surface area contributed by atoms with Crippen molar-refractivity contribution in [2.24, 2.45) is 39.7 Å². The van der Waals surface area contributed by atoms with Crippen molar-refractivity contribution in [3.05, 3.63) is 11.6 Å². The molecule has 1 N–H and O–H groups in total. The Bertz CT molecular complexity index is 936. The molecule has 6 nitrogen and oxygen atoms in total. The summed E-state index contributed by atoms with van der Waals surface area (Å²) < 4.78 is 0.